The maximum Gasteiger partial charge on any atom is 0.342 e. The minimum absolute atomic E-state index is 0.227. The number of rotatable bonds is 6. The van der Waals surface area contributed by atoms with E-state index in [1.807, 2.05) is 0 Å². The van der Waals surface area contributed by atoms with Crippen molar-refractivity contribution in [3.63, 3.8) is 0 Å². The molecule has 0 atom stereocenters. The van der Waals surface area contributed by atoms with Crippen LogP contribution in [-0.2, 0) is 9.53 Å². The number of benzene rings is 2. The van der Waals surface area contributed by atoms with Crippen molar-refractivity contribution in [2.75, 3.05) is 13.2 Å². The Morgan fingerprint density at radius 2 is 1.60 bits per heavy atom. The monoisotopic (exact) mass is 342 g/mol. The molecule has 0 aromatic heterocycles. The fraction of sp³-hybridized carbons (Fsp3) is 0.167. The van der Waals surface area contributed by atoms with Gasteiger partial charge < -0.3 is 9.47 Å². The number of nitrogens with one attached hydrogen (secondary N) is 2. The highest BCUT2D eigenvalue weighted by Crippen LogP contribution is 2.18. The van der Waals surface area contributed by atoms with Crippen molar-refractivity contribution >= 4 is 17.8 Å². The highest BCUT2D eigenvalue weighted by atomic mass is 16.5. The SMILES string of the molecule is CCOc1ccccc1C(=O)OCC(=O)NNC(=O)c1ccccc1. The minimum Gasteiger partial charge on any atom is -0.493 e. The molecule has 0 aliphatic rings. The summed E-state index contributed by atoms with van der Waals surface area (Å²) < 4.78 is 10.3. The van der Waals surface area contributed by atoms with Gasteiger partial charge in [0, 0.05) is 5.56 Å². The lowest BCUT2D eigenvalue weighted by Crippen LogP contribution is -2.43. The molecule has 2 amide bonds. The smallest absolute Gasteiger partial charge is 0.342 e. The van der Waals surface area contributed by atoms with Crippen LogP contribution < -0.4 is 15.6 Å². The van der Waals surface area contributed by atoms with Crippen LogP contribution in [0.2, 0.25) is 0 Å². The van der Waals surface area contributed by atoms with Crippen LogP contribution >= 0.6 is 0 Å². The van der Waals surface area contributed by atoms with Crippen LogP contribution in [0, 0.1) is 0 Å². The Labute approximate surface area is 144 Å². The molecular weight excluding hydrogens is 324 g/mol. The first-order valence-electron chi connectivity index (χ1n) is 7.65. The van der Waals surface area contributed by atoms with Gasteiger partial charge in [0.15, 0.2) is 6.61 Å². The van der Waals surface area contributed by atoms with Crippen molar-refractivity contribution in [3.05, 3.63) is 65.7 Å². The maximum atomic E-state index is 12.0. The lowest BCUT2D eigenvalue weighted by Gasteiger charge is -2.10. The number of amides is 2. The Balaban J connectivity index is 1.82. The van der Waals surface area contributed by atoms with Gasteiger partial charge in [0.05, 0.1) is 6.61 Å². The molecule has 0 saturated heterocycles. The lowest BCUT2D eigenvalue weighted by atomic mass is 10.2. The number of para-hydroxylation sites is 1. The van der Waals surface area contributed by atoms with Crippen LogP contribution in [0.5, 0.6) is 5.75 Å². The number of ether oxygens (including phenoxy) is 2. The fourth-order valence-corrected chi connectivity index (χ4v) is 1.95. The summed E-state index contributed by atoms with van der Waals surface area (Å²) in [4.78, 5) is 35.5. The van der Waals surface area contributed by atoms with Crippen LogP contribution in [0.25, 0.3) is 0 Å². The second-order valence-corrected chi connectivity index (χ2v) is 4.87. The maximum absolute atomic E-state index is 12.0. The van der Waals surface area contributed by atoms with E-state index in [1.54, 1.807) is 61.5 Å². The molecule has 25 heavy (non-hydrogen) atoms. The summed E-state index contributed by atoms with van der Waals surface area (Å²) in [5.74, 6) is -1.44. The molecule has 0 aliphatic heterocycles. The zero-order valence-electron chi connectivity index (χ0n) is 13.7. The molecule has 7 heteroatoms. The van der Waals surface area contributed by atoms with Gasteiger partial charge in [0.25, 0.3) is 11.8 Å². The van der Waals surface area contributed by atoms with Crippen molar-refractivity contribution < 1.29 is 23.9 Å². The average Bonchev–Trinajstić information content (AvgIpc) is 2.65. The third-order valence-corrected chi connectivity index (χ3v) is 3.09. The summed E-state index contributed by atoms with van der Waals surface area (Å²) in [6, 6.07) is 15.0. The van der Waals surface area contributed by atoms with E-state index in [2.05, 4.69) is 10.9 Å². The largest absolute Gasteiger partial charge is 0.493 e. The number of hydrogen-bond acceptors (Lipinski definition) is 5. The molecule has 0 bridgehead atoms. The third kappa shape index (κ3) is 5.35. The molecule has 0 saturated carbocycles. The molecule has 2 aromatic carbocycles. The van der Waals surface area contributed by atoms with E-state index in [0.29, 0.717) is 17.9 Å². The van der Waals surface area contributed by atoms with Crippen LogP contribution in [-0.4, -0.2) is 31.0 Å². The Morgan fingerprint density at radius 1 is 0.920 bits per heavy atom. The fourth-order valence-electron chi connectivity index (χ4n) is 1.95. The van der Waals surface area contributed by atoms with Crippen LogP contribution in [0.4, 0.5) is 0 Å². The van der Waals surface area contributed by atoms with Gasteiger partial charge in [-0.15, -0.1) is 0 Å². The topological polar surface area (TPSA) is 93.7 Å². The summed E-state index contributed by atoms with van der Waals surface area (Å²) in [7, 11) is 0. The Hall–Kier alpha value is -3.35. The van der Waals surface area contributed by atoms with E-state index >= 15 is 0 Å². The molecular formula is C18H18N2O5. The van der Waals surface area contributed by atoms with Gasteiger partial charge in [-0.2, -0.15) is 0 Å². The van der Waals surface area contributed by atoms with Gasteiger partial charge in [0.2, 0.25) is 0 Å². The van der Waals surface area contributed by atoms with Crippen LogP contribution in [0.1, 0.15) is 27.6 Å². The summed E-state index contributed by atoms with van der Waals surface area (Å²) in [6.45, 7) is 1.66. The van der Waals surface area contributed by atoms with Gasteiger partial charge in [-0.3, -0.25) is 20.4 Å². The van der Waals surface area contributed by atoms with Crippen molar-refractivity contribution in [3.8, 4) is 5.75 Å². The first-order valence-corrected chi connectivity index (χ1v) is 7.65. The molecule has 2 rings (SSSR count). The van der Waals surface area contributed by atoms with E-state index in [9.17, 15) is 14.4 Å². The van der Waals surface area contributed by atoms with E-state index < -0.39 is 24.4 Å². The molecule has 2 N–H and O–H groups in total. The van der Waals surface area contributed by atoms with Gasteiger partial charge in [-0.05, 0) is 31.2 Å². The van der Waals surface area contributed by atoms with Crippen LogP contribution in [0.3, 0.4) is 0 Å². The predicted octanol–water partition coefficient (Wildman–Crippen LogP) is 1.70. The number of carbonyl (C=O) groups excluding carboxylic acids is 3. The Kier molecular flexibility index (Phi) is 6.53. The molecule has 130 valence electrons. The number of hydrazine groups is 1. The first kappa shape index (κ1) is 18.0. The standard InChI is InChI=1S/C18H18N2O5/c1-2-24-15-11-7-6-10-14(15)18(23)25-12-16(21)19-20-17(22)13-8-4-3-5-9-13/h3-11H,2,12H2,1H3,(H,19,21)(H,20,22). The zero-order valence-corrected chi connectivity index (χ0v) is 13.7. The average molecular weight is 342 g/mol. The highest BCUT2D eigenvalue weighted by molar-refractivity contribution is 5.96. The summed E-state index contributed by atoms with van der Waals surface area (Å²) in [5.41, 5.74) is 5.04. The van der Waals surface area contributed by atoms with Crippen molar-refractivity contribution in [2.24, 2.45) is 0 Å². The van der Waals surface area contributed by atoms with Crippen molar-refractivity contribution in [1.29, 1.82) is 0 Å². The molecule has 2 aromatic rings. The second kappa shape index (κ2) is 9.07. The third-order valence-electron chi connectivity index (χ3n) is 3.09. The molecule has 0 radical (unpaired) electrons. The molecule has 0 heterocycles. The summed E-state index contributed by atoms with van der Waals surface area (Å²) in [5, 5.41) is 0. The van der Waals surface area contributed by atoms with E-state index in [-0.39, 0.29) is 5.56 Å². The van der Waals surface area contributed by atoms with Gasteiger partial charge in [0.1, 0.15) is 11.3 Å². The molecule has 7 nitrogen and oxygen atoms in total. The summed E-state index contributed by atoms with van der Waals surface area (Å²) in [6.07, 6.45) is 0. The lowest BCUT2D eigenvalue weighted by molar-refractivity contribution is -0.125. The van der Waals surface area contributed by atoms with Gasteiger partial charge in [-0.25, -0.2) is 4.79 Å². The van der Waals surface area contributed by atoms with Crippen molar-refractivity contribution in [1.82, 2.24) is 10.9 Å². The number of hydrogen-bond donors (Lipinski definition) is 2. The Morgan fingerprint density at radius 3 is 2.32 bits per heavy atom. The molecule has 0 fully saturated rings. The van der Waals surface area contributed by atoms with E-state index in [1.165, 1.54) is 0 Å². The quantitative estimate of drug-likeness (QED) is 0.616. The normalized spacial score (nSPS) is 9.80. The van der Waals surface area contributed by atoms with Gasteiger partial charge in [-0.1, -0.05) is 30.3 Å². The zero-order chi connectivity index (χ0) is 18.1. The highest BCUT2D eigenvalue weighted by Gasteiger charge is 2.15. The first-order chi connectivity index (χ1) is 12.1. The van der Waals surface area contributed by atoms with Crippen molar-refractivity contribution in [2.45, 2.75) is 6.92 Å². The van der Waals surface area contributed by atoms with E-state index in [4.69, 9.17) is 9.47 Å². The second-order valence-electron chi connectivity index (χ2n) is 4.87. The number of carbonyl (C=O) groups is 3. The molecule has 0 spiro atoms. The number of esters is 1. The summed E-state index contributed by atoms with van der Waals surface area (Å²) >= 11 is 0. The van der Waals surface area contributed by atoms with E-state index in [0.717, 1.165) is 0 Å². The Bertz CT molecular complexity index is 746. The minimum atomic E-state index is -0.686. The molecule has 0 aliphatic carbocycles. The van der Waals surface area contributed by atoms with Gasteiger partial charge >= 0.3 is 5.97 Å². The molecule has 0 unspecified atom stereocenters. The van der Waals surface area contributed by atoms with Crippen LogP contribution in [0.15, 0.2) is 54.6 Å². The predicted molar refractivity (Wildman–Crippen MR) is 89.9 cm³/mol.